The number of aryl methyl sites for hydroxylation is 2. The normalized spacial score (nSPS) is 9.94. The van der Waals surface area contributed by atoms with Crippen molar-refractivity contribution in [2.45, 2.75) is 13.5 Å². The second-order valence-corrected chi connectivity index (χ2v) is 3.70. The van der Waals surface area contributed by atoms with Gasteiger partial charge in [-0.3, -0.25) is 4.68 Å². The number of benzene rings is 1. The number of rotatable bonds is 2. The molecule has 1 aromatic heterocycles. The van der Waals surface area contributed by atoms with Crippen LogP contribution in [0.15, 0.2) is 30.5 Å². The Balaban J connectivity index is 0.00000128. The fraction of sp³-hybridized carbons (Fsp3) is 0.250. The summed E-state index contributed by atoms with van der Waals surface area (Å²) in [6.45, 7) is 2.59. The molecule has 0 spiro atoms. The van der Waals surface area contributed by atoms with Gasteiger partial charge >= 0.3 is 0 Å². The molecule has 0 fully saturated rings. The van der Waals surface area contributed by atoms with Gasteiger partial charge in [0.05, 0.1) is 11.9 Å². The maximum Gasteiger partial charge on any atom is 0.0594 e. The number of nitrogens with zero attached hydrogens (tertiary/aromatic N) is 2. The number of halogens is 1. The van der Waals surface area contributed by atoms with Crippen LogP contribution in [0.2, 0.25) is 0 Å². The Morgan fingerprint density at radius 1 is 1.25 bits per heavy atom. The van der Waals surface area contributed by atoms with E-state index in [1.807, 2.05) is 17.9 Å². The van der Waals surface area contributed by atoms with Crippen molar-refractivity contribution in [3.05, 3.63) is 41.7 Å². The van der Waals surface area contributed by atoms with Crippen LogP contribution in [0.3, 0.4) is 0 Å². The molecule has 0 amide bonds. The lowest BCUT2D eigenvalue weighted by Crippen LogP contribution is -2.05. The van der Waals surface area contributed by atoms with Crippen molar-refractivity contribution < 1.29 is 0 Å². The van der Waals surface area contributed by atoms with E-state index in [1.54, 1.807) is 0 Å². The zero-order chi connectivity index (χ0) is 10.8. The third-order valence-corrected chi connectivity index (χ3v) is 2.62. The monoisotopic (exact) mass is 237 g/mol. The smallest absolute Gasteiger partial charge is 0.0594 e. The Labute approximate surface area is 102 Å². The van der Waals surface area contributed by atoms with Gasteiger partial charge in [0.1, 0.15) is 0 Å². The predicted octanol–water partition coefficient (Wildman–Crippen LogP) is 2.28. The number of hydrogen-bond donors (Lipinski definition) is 1. The number of hydrogen-bond acceptors (Lipinski definition) is 2. The molecule has 3 nitrogen and oxygen atoms in total. The van der Waals surface area contributed by atoms with Crippen LogP contribution in [0.4, 0.5) is 0 Å². The first-order valence-electron chi connectivity index (χ1n) is 5.00. The zero-order valence-corrected chi connectivity index (χ0v) is 10.3. The quantitative estimate of drug-likeness (QED) is 0.871. The second-order valence-electron chi connectivity index (χ2n) is 3.70. The van der Waals surface area contributed by atoms with Gasteiger partial charge in [-0.2, -0.15) is 5.10 Å². The first kappa shape index (κ1) is 12.7. The van der Waals surface area contributed by atoms with Crippen LogP contribution >= 0.6 is 12.4 Å². The average molecular weight is 238 g/mol. The van der Waals surface area contributed by atoms with Gasteiger partial charge in [-0.15, -0.1) is 12.4 Å². The fourth-order valence-electron chi connectivity index (χ4n) is 1.68. The lowest BCUT2D eigenvalue weighted by molar-refractivity contribution is 0.713. The zero-order valence-electron chi connectivity index (χ0n) is 9.47. The van der Waals surface area contributed by atoms with E-state index in [0.29, 0.717) is 6.54 Å². The van der Waals surface area contributed by atoms with Crippen LogP contribution in [0, 0.1) is 6.92 Å². The molecule has 16 heavy (non-hydrogen) atoms. The molecule has 1 heterocycles. The molecule has 0 aliphatic heterocycles. The summed E-state index contributed by atoms with van der Waals surface area (Å²) in [5.41, 5.74) is 10.3. The van der Waals surface area contributed by atoms with Gasteiger partial charge in [-0.05, 0) is 12.5 Å². The molecule has 2 rings (SSSR count). The Morgan fingerprint density at radius 3 is 2.44 bits per heavy atom. The standard InChI is InChI=1S/C12H15N3.ClH/c1-9-3-5-10(6-4-9)11-8-14-15(2)12(11)7-13;/h3-6,8H,7,13H2,1-2H3;1H. The summed E-state index contributed by atoms with van der Waals surface area (Å²) in [7, 11) is 1.92. The summed E-state index contributed by atoms with van der Waals surface area (Å²) >= 11 is 0. The molecule has 4 heteroatoms. The van der Waals surface area contributed by atoms with Crippen molar-refractivity contribution in [1.29, 1.82) is 0 Å². The van der Waals surface area contributed by atoms with E-state index in [4.69, 9.17) is 5.73 Å². The summed E-state index contributed by atoms with van der Waals surface area (Å²) in [6, 6.07) is 8.41. The van der Waals surface area contributed by atoms with E-state index in [0.717, 1.165) is 11.3 Å². The maximum atomic E-state index is 5.70. The summed E-state index contributed by atoms with van der Waals surface area (Å²) in [4.78, 5) is 0. The Kier molecular flexibility index (Phi) is 4.10. The lowest BCUT2D eigenvalue weighted by atomic mass is 10.1. The molecular weight excluding hydrogens is 222 g/mol. The van der Waals surface area contributed by atoms with Crippen molar-refractivity contribution >= 4 is 12.4 Å². The molecule has 2 N–H and O–H groups in total. The molecule has 0 unspecified atom stereocenters. The minimum absolute atomic E-state index is 0. The van der Waals surface area contributed by atoms with E-state index >= 15 is 0 Å². The van der Waals surface area contributed by atoms with Crippen LogP contribution < -0.4 is 5.73 Å². The Hall–Kier alpha value is -1.32. The van der Waals surface area contributed by atoms with Crippen molar-refractivity contribution in [3.8, 4) is 11.1 Å². The van der Waals surface area contributed by atoms with Gasteiger partial charge in [0.25, 0.3) is 0 Å². The Bertz CT molecular complexity index is 460. The van der Waals surface area contributed by atoms with Crippen LogP contribution in [-0.4, -0.2) is 9.78 Å². The first-order chi connectivity index (χ1) is 7.22. The Morgan fingerprint density at radius 2 is 1.88 bits per heavy atom. The van der Waals surface area contributed by atoms with Crippen molar-refractivity contribution in [2.75, 3.05) is 0 Å². The molecule has 1 aromatic carbocycles. The van der Waals surface area contributed by atoms with Gasteiger partial charge in [-0.25, -0.2) is 0 Å². The SMILES string of the molecule is Cc1ccc(-c2cnn(C)c2CN)cc1.Cl. The topological polar surface area (TPSA) is 43.8 Å². The molecular formula is C12H16ClN3. The van der Waals surface area contributed by atoms with Crippen molar-refractivity contribution in [1.82, 2.24) is 9.78 Å². The molecule has 0 radical (unpaired) electrons. The predicted molar refractivity (Wildman–Crippen MR) is 68.5 cm³/mol. The second kappa shape index (κ2) is 5.14. The molecule has 0 saturated heterocycles. The first-order valence-corrected chi connectivity index (χ1v) is 5.00. The maximum absolute atomic E-state index is 5.70. The van der Waals surface area contributed by atoms with E-state index in [9.17, 15) is 0 Å². The lowest BCUT2D eigenvalue weighted by Gasteiger charge is -2.03. The molecule has 0 bridgehead atoms. The average Bonchev–Trinajstić information content (AvgIpc) is 2.61. The van der Waals surface area contributed by atoms with Crippen molar-refractivity contribution in [2.24, 2.45) is 12.8 Å². The van der Waals surface area contributed by atoms with Gasteiger partial charge in [-0.1, -0.05) is 29.8 Å². The van der Waals surface area contributed by atoms with E-state index in [-0.39, 0.29) is 12.4 Å². The summed E-state index contributed by atoms with van der Waals surface area (Å²) < 4.78 is 1.83. The highest BCUT2D eigenvalue weighted by atomic mass is 35.5. The minimum Gasteiger partial charge on any atom is -0.325 e. The van der Waals surface area contributed by atoms with Crippen LogP contribution in [0.1, 0.15) is 11.3 Å². The summed E-state index contributed by atoms with van der Waals surface area (Å²) in [6.07, 6.45) is 1.87. The summed E-state index contributed by atoms with van der Waals surface area (Å²) in [5, 5.41) is 4.22. The largest absolute Gasteiger partial charge is 0.325 e. The molecule has 86 valence electrons. The van der Waals surface area contributed by atoms with Gasteiger partial charge < -0.3 is 5.73 Å². The van der Waals surface area contributed by atoms with Gasteiger partial charge in [0.15, 0.2) is 0 Å². The molecule has 0 atom stereocenters. The van der Waals surface area contributed by atoms with Crippen LogP contribution in [0.5, 0.6) is 0 Å². The minimum atomic E-state index is 0. The van der Waals surface area contributed by atoms with Crippen molar-refractivity contribution in [3.63, 3.8) is 0 Å². The molecule has 0 saturated carbocycles. The van der Waals surface area contributed by atoms with Crippen LogP contribution in [0.25, 0.3) is 11.1 Å². The molecule has 0 aliphatic carbocycles. The van der Waals surface area contributed by atoms with E-state index in [2.05, 4.69) is 36.3 Å². The number of nitrogens with two attached hydrogens (primary N) is 1. The van der Waals surface area contributed by atoms with Gasteiger partial charge in [0, 0.05) is 19.2 Å². The highest BCUT2D eigenvalue weighted by Gasteiger charge is 2.08. The fourth-order valence-corrected chi connectivity index (χ4v) is 1.68. The summed E-state index contributed by atoms with van der Waals surface area (Å²) in [5.74, 6) is 0. The highest BCUT2D eigenvalue weighted by Crippen LogP contribution is 2.22. The van der Waals surface area contributed by atoms with Gasteiger partial charge in [0.2, 0.25) is 0 Å². The van der Waals surface area contributed by atoms with E-state index in [1.165, 1.54) is 11.1 Å². The van der Waals surface area contributed by atoms with Crippen LogP contribution in [-0.2, 0) is 13.6 Å². The molecule has 2 aromatic rings. The highest BCUT2D eigenvalue weighted by molar-refractivity contribution is 5.85. The third kappa shape index (κ3) is 2.26. The van der Waals surface area contributed by atoms with E-state index < -0.39 is 0 Å². The third-order valence-electron chi connectivity index (χ3n) is 2.62. The molecule has 0 aliphatic rings. The number of aromatic nitrogens is 2.